The van der Waals surface area contributed by atoms with Crippen LogP contribution in [-0.4, -0.2) is 105 Å². The summed E-state index contributed by atoms with van der Waals surface area (Å²) in [5.41, 5.74) is 10.0. The van der Waals surface area contributed by atoms with Crippen molar-refractivity contribution in [3.8, 4) is 27.4 Å². The quantitative estimate of drug-likeness (QED) is 0.0327. The lowest BCUT2D eigenvalue weighted by atomic mass is 9.85. The molecule has 2 aliphatic rings. The maximum atomic E-state index is 14.2. The third-order valence-corrected chi connectivity index (χ3v) is 19.9. The van der Waals surface area contributed by atoms with Gasteiger partial charge in [-0.2, -0.15) is 0 Å². The van der Waals surface area contributed by atoms with Crippen molar-refractivity contribution in [1.82, 2.24) is 35.5 Å². The van der Waals surface area contributed by atoms with Gasteiger partial charge in [0.25, 0.3) is 5.91 Å². The molecule has 0 saturated carbocycles. The van der Waals surface area contributed by atoms with Crippen molar-refractivity contribution >= 4 is 107 Å². The molecule has 0 spiro atoms. The van der Waals surface area contributed by atoms with E-state index in [4.69, 9.17) is 42.6 Å². The van der Waals surface area contributed by atoms with E-state index in [0.29, 0.717) is 88.3 Å². The summed E-state index contributed by atoms with van der Waals surface area (Å²) in [6.45, 7) is 11.0. The van der Waals surface area contributed by atoms with Gasteiger partial charge >= 0.3 is 5.97 Å². The van der Waals surface area contributed by atoms with Gasteiger partial charge in [0.2, 0.25) is 17.7 Å². The number of nitrogens with one attached hydrogen (secondary N) is 3. The third-order valence-electron chi connectivity index (χ3n) is 16.2. The van der Waals surface area contributed by atoms with E-state index in [1.807, 2.05) is 125 Å². The van der Waals surface area contributed by atoms with Crippen LogP contribution in [0.3, 0.4) is 0 Å². The van der Waals surface area contributed by atoms with Crippen LogP contribution in [-0.2, 0) is 44.9 Å². The molecule has 2 aliphatic heterocycles. The molecule has 4 aromatic heterocycles. The number of methoxy groups -OCH3 is 1. The van der Waals surface area contributed by atoms with Crippen LogP contribution < -0.4 is 25.6 Å². The summed E-state index contributed by atoms with van der Waals surface area (Å²) >= 11 is 18.1. The van der Waals surface area contributed by atoms with Crippen LogP contribution in [0.2, 0.25) is 10.0 Å². The van der Waals surface area contributed by atoms with E-state index in [1.54, 1.807) is 17.4 Å². The average Bonchev–Trinajstić information content (AvgIpc) is 2.56. The Kier molecular flexibility index (Phi) is 21.1. The Morgan fingerprint density at radius 3 is 2.38 bits per heavy atom. The second-order valence-electron chi connectivity index (χ2n) is 23.7. The summed E-state index contributed by atoms with van der Waals surface area (Å²) in [7, 11) is 1.35. The topological polar surface area (TPSA) is 218 Å². The van der Waals surface area contributed by atoms with Gasteiger partial charge in [0, 0.05) is 54.7 Å². The molecule has 0 radical (unpaired) electrons. The third kappa shape index (κ3) is 15.8. The summed E-state index contributed by atoms with van der Waals surface area (Å²) in [5, 5.41) is 21.9. The minimum absolute atomic E-state index is 0.00470. The van der Waals surface area contributed by atoms with Gasteiger partial charge in [-0.15, -0.1) is 22.7 Å². The highest BCUT2D eigenvalue weighted by molar-refractivity contribution is 7.22. The van der Waals surface area contributed by atoms with E-state index in [9.17, 15) is 29.1 Å². The Balaban J connectivity index is 0.645. The van der Waals surface area contributed by atoms with Crippen LogP contribution in [0.1, 0.15) is 139 Å². The Morgan fingerprint density at radius 2 is 1.64 bits per heavy atom. The SMILES string of the molecule is COC(=O)c1nc(N2CCc3cccc(C(=O)Nc4nc5ccccc5s4)c3C2)sc1CCCOc1ccc(-c2ncc(CCCCCCCC(=O)N[C@H](C(=O)N3C[C@H](O)C[C@H]3C(=O)N[C@@H](C)c3ccc(-c4scnc4C)cc3)C(C)(C)C)cc2Cl)c(Cl)c1. The van der Waals surface area contributed by atoms with Gasteiger partial charge in [-0.25, -0.2) is 19.7 Å². The highest BCUT2D eigenvalue weighted by atomic mass is 35.5. The summed E-state index contributed by atoms with van der Waals surface area (Å²) in [6.07, 6.45) is 8.17. The van der Waals surface area contributed by atoms with Crippen molar-refractivity contribution in [3.63, 3.8) is 0 Å². The molecular weight excluding hydrogens is 1230 g/mol. The van der Waals surface area contributed by atoms with Gasteiger partial charge in [0.05, 0.1) is 67.9 Å². The molecule has 1 saturated heterocycles. The molecule has 4 atom stereocenters. The predicted octanol–water partition coefficient (Wildman–Crippen LogP) is 13.4. The standard InChI is InChI=1S/C67H73Cl2N9O8S3/c1-39(42-23-25-44(26-24-42)59-40(2)71-38-87-59)72-62(82)53-33-45(79)36-78(53)63(83)60(67(3,4)5)74-56(80)22-11-9-7-8-10-16-41-32-51(69)57(70-35-41)48-28-27-46(34-50(48)68)86-31-15-21-55-58(64(84)85-6)75-66(89-55)77-30-29-43-17-14-18-47(49(43)37-77)61(81)76-65-73-52-19-12-13-20-54(52)88-65/h12-14,17-20,23-28,32,34-35,38-39,45,53,60,79H,7-11,15-16,21-22,29-31,33,36-37H2,1-6H3,(H,72,82)(H,74,80)(H,73,76,81)/t39-,45+,53-,60+/m0/s1. The van der Waals surface area contributed by atoms with Gasteiger partial charge in [0.15, 0.2) is 16.0 Å². The molecule has 1 fully saturated rings. The van der Waals surface area contributed by atoms with Crippen molar-refractivity contribution in [2.75, 3.05) is 37.0 Å². The summed E-state index contributed by atoms with van der Waals surface area (Å²) < 4.78 is 12.3. The number of amides is 4. The number of ether oxygens (including phenoxy) is 2. The molecule has 4 aromatic carbocycles. The zero-order valence-corrected chi connectivity index (χ0v) is 54.7. The van der Waals surface area contributed by atoms with E-state index in [0.717, 1.165) is 85.6 Å². The van der Waals surface area contributed by atoms with Crippen molar-refractivity contribution in [2.24, 2.45) is 5.41 Å². The Hall–Kier alpha value is -7.33. The number of esters is 1. The van der Waals surface area contributed by atoms with Crippen LogP contribution in [0, 0.1) is 12.3 Å². The maximum absolute atomic E-state index is 14.2. The number of aliphatic hydroxyl groups excluding tert-OH is 1. The number of hydrogen-bond donors (Lipinski definition) is 4. The number of aliphatic hydroxyl groups is 1. The summed E-state index contributed by atoms with van der Waals surface area (Å²) in [6, 6.07) is 26.8. The molecular formula is C67H73Cl2N9O8S3. The van der Waals surface area contributed by atoms with E-state index >= 15 is 0 Å². The number of benzene rings is 4. The fourth-order valence-electron chi connectivity index (χ4n) is 11.4. The molecule has 8 aromatic rings. The number of anilines is 2. The lowest BCUT2D eigenvalue weighted by Crippen LogP contribution is -2.57. The number of likely N-dealkylation sites (tertiary alicyclic amines) is 1. The second kappa shape index (κ2) is 29.1. The fraction of sp³-hybridized carbons (Fsp3) is 0.388. The number of para-hydroxylation sites is 1. The molecule has 0 bridgehead atoms. The largest absolute Gasteiger partial charge is 0.494 e. The zero-order valence-electron chi connectivity index (χ0n) is 50.7. The van der Waals surface area contributed by atoms with Gasteiger partial charge in [-0.3, -0.25) is 29.5 Å². The van der Waals surface area contributed by atoms with Crippen LogP contribution in [0.15, 0.2) is 103 Å². The number of unbranched alkanes of at least 4 members (excludes halogenated alkanes) is 4. The fourth-order valence-corrected chi connectivity index (χ4v) is 14.7. The van der Waals surface area contributed by atoms with Gasteiger partial charge in [-0.05, 0) is 128 Å². The molecule has 0 unspecified atom stereocenters. The van der Waals surface area contributed by atoms with Crippen LogP contribution >= 0.6 is 57.2 Å². The first-order chi connectivity index (χ1) is 42.8. The average molecular weight is 1300 g/mol. The molecule has 17 nitrogen and oxygen atoms in total. The Labute approximate surface area is 540 Å². The highest BCUT2D eigenvalue weighted by Crippen LogP contribution is 2.37. The molecule has 22 heteroatoms. The predicted molar refractivity (Wildman–Crippen MR) is 353 cm³/mol. The number of hydrogen-bond acceptors (Lipinski definition) is 16. The minimum Gasteiger partial charge on any atom is -0.494 e. The number of carbonyl (C=O) groups excluding carboxylic acids is 5. The number of β-amino-alcohol motifs (C(OH)–C–C–N with tert-alkyl or cyclic N) is 1. The van der Waals surface area contributed by atoms with Crippen LogP contribution in [0.4, 0.5) is 10.3 Å². The molecule has 0 aliphatic carbocycles. The van der Waals surface area contributed by atoms with Crippen molar-refractivity contribution in [3.05, 3.63) is 157 Å². The van der Waals surface area contributed by atoms with E-state index in [2.05, 4.69) is 36.9 Å². The zero-order chi connectivity index (χ0) is 62.9. The van der Waals surface area contributed by atoms with Crippen molar-refractivity contribution < 1.29 is 38.6 Å². The first-order valence-electron chi connectivity index (χ1n) is 30.1. The number of fused-ring (bicyclic) bond motifs is 2. The minimum atomic E-state index is -0.893. The summed E-state index contributed by atoms with van der Waals surface area (Å²) in [4.78, 5) is 91.9. The molecule has 6 heterocycles. The monoisotopic (exact) mass is 1300 g/mol. The molecule has 4 N–H and O–H groups in total. The van der Waals surface area contributed by atoms with Crippen LogP contribution in [0.25, 0.3) is 31.9 Å². The maximum Gasteiger partial charge on any atom is 0.357 e. The molecule has 10 rings (SSSR count). The number of pyridine rings is 1. The number of thiazole rings is 3. The second-order valence-corrected chi connectivity index (χ2v) is 27.5. The Bertz CT molecular complexity index is 3830. The van der Waals surface area contributed by atoms with E-state index < -0.39 is 29.6 Å². The van der Waals surface area contributed by atoms with Gasteiger partial charge in [0.1, 0.15) is 17.8 Å². The smallest absolute Gasteiger partial charge is 0.357 e. The number of aromatic nitrogens is 4. The molecule has 89 heavy (non-hydrogen) atoms. The number of nitrogens with zero attached hydrogens (tertiary/aromatic N) is 6. The normalized spacial score (nSPS) is 15.6. The number of carbonyl (C=O) groups is 5. The lowest BCUT2D eigenvalue weighted by molar-refractivity contribution is -0.144. The Morgan fingerprint density at radius 1 is 0.854 bits per heavy atom. The lowest BCUT2D eigenvalue weighted by Gasteiger charge is -2.35. The highest BCUT2D eigenvalue weighted by Gasteiger charge is 2.45. The number of halogens is 2. The van der Waals surface area contributed by atoms with E-state index in [-0.39, 0.29) is 54.8 Å². The first-order valence-corrected chi connectivity index (χ1v) is 33.3. The molecule has 466 valence electrons. The summed E-state index contributed by atoms with van der Waals surface area (Å²) in [5.74, 6) is -1.13. The number of rotatable bonds is 24. The molecule has 4 amide bonds. The van der Waals surface area contributed by atoms with Gasteiger partial charge < -0.3 is 35.0 Å². The van der Waals surface area contributed by atoms with E-state index in [1.165, 1.54) is 34.7 Å². The number of aryl methyl sites for hydroxylation is 3. The first kappa shape index (κ1) is 64.6. The van der Waals surface area contributed by atoms with Gasteiger partial charge in [-0.1, -0.05) is 123 Å². The van der Waals surface area contributed by atoms with Crippen LogP contribution in [0.5, 0.6) is 5.75 Å². The van der Waals surface area contributed by atoms with Crippen molar-refractivity contribution in [2.45, 2.75) is 136 Å². The van der Waals surface area contributed by atoms with Crippen molar-refractivity contribution in [1.29, 1.82) is 0 Å².